The topological polar surface area (TPSA) is 40.5 Å². The van der Waals surface area contributed by atoms with Gasteiger partial charge >= 0.3 is 0 Å². The fourth-order valence-electron chi connectivity index (χ4n) is 3.19. The summed E-state index contributed by atoms with van der Waals surface area (Å²) in [6.07, 6.45) is 6.49. The Bertz CT molecular complexity index is 255. The predicted molar refractivity (Wildman–Crippen MR) is 74.5 cm³/mol. The summed E-state index contributed by atoms with van der Waals surface area (Å²) in [7, 11) is 0. The van der Waals surface area contributed by atoms with E-state index < -0.39 is 0 Å². The third-order valence-electron chi connectivity index (χ3n) is 4.23. The van der Waals surface area contributed by atoms with Gasteiger partial charge in [0.25, 0.3) is 0 Å². The van der Waals surface area contributed by atoms with Crippen molar-refractivity contribution < 1.29 is 9.90 Å². The highest BCUT2D eigenvalue weighted by atomic mass is 16.3. The summed E-state index contributed by atoms with van der Waals surface area (Å²) >= 11 is 0. The maximum atomic E-state index is 11.6. The SMILES string of the molecule is CC1CCCC(C=O)(CN(CCCO)C(C)C)C1. The maximum absolute atomic E-state index is 11.6. The molecule has 0 heterocycles. The van der Waals surface area contributed by atoms with Crippen molar-refractivity contribution >= 4 is 6.29 Å². The van der Waals surface area contributed by atoms with Crippen LogP contribution in [0.3, 0.4) is 0 Å². The molecule has 3 heteroatoms. The Morgan fingerprint density at radius 3 is 2.72 bits per heavy atom. The van der Waals surface area contributed by atoms with Crippen LogP contribution in [0.15, 0.2) is 0 Å². The van der Waals surface area contributed by atoms with E-state index in [-0.39, 0.29) is 12.0 Å². The van der Waals surface area contributed by atoms with Gasteiger partial charge in [-0.1, -0.05) is 19.8 Å². The Balaban J connectivity index is 2.65. The van der Waals surface area contributed by atoms with Crippen LogP contribution < -0.4 is 0 Å². The lowest BCUT2D eigenvalue weighted by molar-refractivity contribution is -0.120. The lowest BCUT2D eigenvalue weighted by Gasteiger charge is -2.40. The Labute approximate surface area is 112 Å². The van der Waals surface area contributed by atoms with Gasteiger partial charge in [-0.2, -0.15) is 0 Å². The molecule has 1 rings (SSSR count). The summed E-state index contributed by atoms with van der Waals surface area (Å²) in [6.45, 7) is 8.57. The van der Waals surface area contributed by atoms with Crippen molar-refractivity contribution in [2.75, 3.05) is 19.7 Å². The predicted octanol–water partition coefficient (Wildman–Crippen LogP) is 2.47. The van der Waals surface area contributed by atoms with Crippen molar-refractivity contribution in [1.82, 2.24) is 4.90 Å². The zero-order valence-electron chi connectivity index (χ0n) is 12.2. The molecule has 1 N–H and O–H groups in total. The van der Waals surface area contributed by atoms with E-state index in [0.717, 1.165) is 32.4 Å². The molecule has 0 saturated heterocycles. The number of rotatable bonds is 7. The van der Waals surface area contributed by atoms with E-state index in [1.807, 2.05) is 0 Å². The van der Waals surface area contributed by atoms with E-state index in [2.05, 4.69) is 25.7 Å². The number of carbonyl (C=O) groups excluding carboxylic acids is 1. The molecular formula is C15H29NO2. The van der Waals surface area contributed by atoms with Crippen LogP contribution in [-0.4, -0.2) is 42.0 Å². The molecule has 0 spiro atoms. The molecule has 0 aliphatic heterocycles. The summed E-state index contributed by atoms with van der Waals surface area (Å²) in [5, 5.41) is 8.97. The molecule has 1 aliphatic carbocycles. The van der Waals surface area contributed by atoms with Crippen molar-refractivity contribution in [2.24, 2.45) is 11.3 Å². The van der Waals surface area contributed by atoms with Crippen LogP contribution >= 0.6 is 0 Å². The smallest absolute Gasteiger partial charge is 0.127 e. The van der Waals surface area contributed by atoms with Crippen molar-refractivity contribution in [2.45, 2.75) is 58.9 Å². The molecule has 0 aromatic carbocycles. The summed E-state index contributed by atoms with van der Waals surface area (Å²) in [5.74, 6) is 0.663. The number of aldehydes is 1. The van der Waals surface area contributed by atoms with Gasteiger partial charge in [0.2, 0.25) is 0 Å². The molecule has 18 heavy (non-hydrogen) atoms. The van der Waals surface area contributed by atoms with E-state index in [1.165, 1.54) is 19.1 Å². The van der Waals surface area contributed by atoms with Crippen LogP contribution in [-0.2, 0) is 4.79 Å². The molecule has 0 aromatic heterocycles. The van der Waals surface area contributed by atoms with Gasteiger partial charge in [0.15, 0.2) is 0 Å². The Morgan fingerprint density at radius 2 is 2.22 bits per heavy atom. The first-order valence-corrected chi connectivity index (χ1v) is 7.34. The minimum Gasteiger partial charge on any atom is -0.396 e. The van der Waals surface area contributed by atoms with Gasteiger partial charge in [0, 0.05) is 31.2 Å². The molecule has 2 atom stereocenters. The van der Waals surface area contributed by atoms with Crippen molar-refractivity contribution in [3.8, 4) is 0 Å². The molecule has 106 valence electrons. The average Bonchev–Trinajstić information content (AvgIpc) is 2.34. The third kappa shape index (κ3) is 4.36. The first-order chi connectivity index (χ1) is 8.53. The van der Waals surface area contributed by atoms with Gasteiger partial charge in [-0.25, -0.2) is 0 Å². The average molecular weight is 255 g/mol. The fourth-order valence-corrected chi connectivity index (χ4v) is 3.19. The lowest BCUT2D eigenvalue weighted by atomic mass is 9.70. The number of aliphatic hydroxyl groups is 1. The van der Waals surface area contributed by atoms with Gasteiger partial charge < -0.3 is 9.90 Å². The molecule has 1 fully saturated rings. The molecule has 0 radical (unpaired) electrons. The van der Waals surface area contributed by atoms with E-state index in [1.54, 1.807) is 0 Å². The van der Waals surface area contributed by atoms with Gasteiger partial charge in [0.05, 0.1) is 0 Å². The van der Waals surface area contributed by atoms with E-state index in [9.17, 15) is 4.79 Å². The first-order valence-electron chi connectivity index (χ1n) is 7.34. The van der Waals surface area contributed by atoms with Crippen LogP contribution in [0, 0.1) is 11.3 Å². The van der Waals surface area contributed by atoms with Crippen molar-refractivity contribution in [3.05, 3.63) is 0 Å². The highest BCUT2D eigenvalue weighted by Crippen LogP contribution is 2.38. The Morgan fingerprint density at radius 1 is 1.50 bits per heavy atom. The first kappa shape index (κ1) is 15.6. The van der Waals surface area contributed by atoms with E-state index >= 15 is 0 Å². The van der Waals surface area contributed by atoms with Crippen LogP contribution in [0.5, 0.6) is 0 Å². The minimum absolute atomic E-state index is 0.141. The summed E-state index contributed by atoms with van der Waals surface area (Å²) in [5.41, 5.74) is -0.141. The van der Waals surface area contributed by atoms with Crippen LogP contribution in [0.2, 0.25) is 0 Å². The van der Waals surface area contributed by atoms with Gasteiger partial charge in [-0.15, -0.1) is 0 Å². The molecule has 3 nitrogen and oxygen atoms in total. The largest absolute Gasteiger partial charge is 0.396 e. The maximum Gasteiger partial charge on any atom is 0.127 e. The lowest BCUT2D eigenvalue weighted by Crippen LogP contribution is -2.45. The normalized spacial score (nSPS) is 28.9. The van der Waals surface area contributed by atoms with Gasteiger partial charge in [-0.3, -0.25) is 4.90 Å². The van der Waals surface area contributed by atoms with E-state index in [4.69, 9.17) is 5.11 Å². The van der Waals surface area contributed by atoms with Crippen molar-refractivity contribution in [1.29, 1.82) is 0 Å². The molecule has 0 amide bonds. The summed E-state index contributed by atoms with van der Waals surface area (Å²) in [6, 6.07) is 0.436. The molecular weight excluding hydrogens is 226 g/mol. The van der Waals surface area contributed by atoms with Crippen LogP contribution in [0.4, 0.5) is 0 Å². The molecule has 0 bridgehead atoms. The molecule has 0 aromatic rings. The summed E-state index contributed by atoms with van der Waals surface area (Å²) in [4.78, 5) is 13.9. The van der Waals surface area contributed by atoms with E-state index in [0.29, 0.717) is 12.0 Å². The third-order valence-corrected chi connectivity index (χ3v) is 4.23. The quantitative estimate of drug-likeness (QED) is 0.711. The number of hydrogen-bond donors (Lipinski definition) is 1. The number of carbonyl (C=O) groups is 1. The van der Waals surface area contributed by atoms with Crippen molar-refractivity contribution in [3.63, 3.8) is 0 Å². The summed E-state index contributed by atoms with van der Waals surface area (Å²) < 4.78 is 0. The Kier molecular flexibility index (Phi) is 6.30. The number of nitrogens with zero attached hydrogens (tertiary/aromatic N) is 1. The minimum atomic E-state index is -0.141. The highest BCUT2D eigenvalue weighted by molar-refractivity contribution is 5.60. The van der Waals surface area contributed by atoms with Crippen LogP contribution in [0.1, 0.15) is 52.9 Å². The van der Waals surface area contributed by atoms with Gasteiger partial charge in [0.1, 0.15) is 6.29 Å². The van der Waals surface area contributed by atoms with Gasteiger partial charge in [-0.05, 0) is 39.0 Å². The molecule has 1 aliphatic rings. The highest BCUT2D eigenvalue weighted by Gasteiger charge is 2.36. The molecule has 2 unspecified atom stereocenters. The second-order valence-corrected chi connectivity index (χ2v) is 6.32. The zero-order valence-corrected chi connectivity index (χ0v) is 12.2. The monoisotopic (exact) mass is 255 g/mol. The Hall–Kier alpha value is -0.410. The number of hydrogen-bond acceptors (Lipinski definition) is 3. The second-order valence-electron chi connectivity index (χ2n) is 6.32. The molecule has 1 saturated carbocycles. The fraction of sp³-hybridized carbons (Fsp3) is 0.933. The second kappa shape index (κ2) is 7.25. The zero-order chi connectivity index (χ0) is 13.6. The van der Waals surface area contributed by atoms with Crippen LogP contribution in [0.25, 0.3) is 0 Å². The standard InChI is InChI=1S/C15H29NO2/c1-13(2)16(8-5-9-17)11-15(12-18)7-4-6-14(3)10-15/h12-14,17H,4-11H2,1-3H3. The number of aliphatic hydroxyl groups excluding tert-OH is 1.